The second-order valence-electron chi connectivity index (χ2n) is 4.58. The third kappa shape index (κ3) is 6.35. The van der Waals surface area contributed by atoms with Crippen molar-refractivity contribution in [1.82, 2.24) is 5.32 Å². The van der Waals surface area contributed by atoms with Crippen molar-refractivity contribution in [2.75, 3.05) is 26.9 Å². The van der Waals surface area contributed by atoms with E-state index in [1.807, 2.05) is 6.07 Å². The van der Waals surface area contributed by atoms with E-state index in [2.05, 4.69) is 5.32 Å². The third-order valence-corrected chi connectivity index (χ3v) is 2.87. The summed E-state index contributed by atoms with van der Waals surface area (Å²) in [7, 11) is 1.53. The second kappa shape index (κ2) is 9.50. The number of carbonyl (C=O) groups is 2. The lowest BCUT2D eigenvalue weighted by Gasteiger charge is -2.15. The number of primary amides is 1. The lowest BCUT2D eigenvalue weighted by atomic mass is 10.0. The van der Waals surface area contributed by atoms with E-state index in [1.165, 1.54) is 7.11 Å². The molecule has 118 valence electrons. The molecule has 0 radical (unpaired) electrons. The fourth-order valence-electron chi connectivity index (χ4n) is 1.72. The Hall–Kier alpha value is -2.43. The molecule has 1 aromatic carbocycles. The van der Waals surface area contributed by atoms with Gasteiger partial charge in [-0.25, -0.2) is 0 Å². The second-order valence-corrected chi connectivity index (χ2v) is 4.58. The first-order valence-corrected chi connectivity index (χ1v) is 6.71. The predicted octanol–water partition coefficient (Wildman–Crippen LogP) is -0.266. The van der Waals surface area contributed by atoms with E-state index in [0.717, 1.165) is 5.56 Å². The molecule has 22 heavy (non-hydrogen) atoms. The lowest BCUT2D eigenvalue weighted by Crippen LogP contribution is -2.47. The fraction of sp³-hybridized carbons (Fsp3) is 0.400. The molecule has 7 heteroatoms. The summed E-state index contributed by atoms with van der Waals surface area (Å²) in [5, 5.41) is 11.3. The van der Waals surface area contributed by atoms with Gasteiger partial charge in [-0.05, 0) is 17.7 Å². The summed E-state index contributed by atoms with van der Waals surface area (Å²) in [6.07, 6.45) is 0.255. The van der Waals surface area contributed by atoms with Gasteiger partial charge < -0.3 is 20.5 Å². The van der Waals surface area contributed by atoms with Crippen LogP contribution in [0.25, 0.3) is 0 Å². The van der Waals surface area contributed by atoms with Crippen LogP contribution >= 0.6 is 0 Å². The SMILES string of the molecule is COCCOCC(=O)N[C@H](Cc1ccc(C#N)cc1)C(N)=O. The third-order valence-electron chi connectivity index (χ3n) is 2.87. The minimum absolute atomic E-state index is 0.166. The Labute approximate surface area is 129 Å². The van der Waals surface area contributed by atoms with E-state index >= 15 is 0 Å². The summed E-state index contributed by atoms with van der Waals surface area (Å²) in [5.41, 5.74) is 6.62. The van der Waals surface area contributed by atoms with Crippen LogP contribution in [0.4, 0.5) is 0 Å². The maximum Gasteiger partial charge on any atom is 0.246 e. The van der Waals surface area contributed by atoms with Crippen molar-refractivity contribution in [2.24, 2.45) is 5.73 Å². The molecule has 0 aliphatic heterocycles. The number of benzene rings is 1. The molecule has 1 atom stereocenters. The Bertz CT molecular complexity index is 537. The molecule has 3 N–H and O–H groups in total. The standard InChI is InChI=1S/C15H19N3O4/c1-21-6-7-22-10-14(19)18-13(15(17)20)8-11-2-4-12(9-16)5-3-11/h2-5,13H,6-8,10H2,1H3,(H2,17,20)(H,18,19)/t13-/m1/s1. The van der Waals surface area contributed by atoms with E-state index in [0.29, 0.717) is 18.8 Å². The Morgan fingerprint density at radius 2 is 2.00 bits per heavy atom. The molecule has 0 heterocycles. The number of methoxy groups -OCH3 is 1. The van der Waals surface area contributed by atoms with Crippen LogP contribution in [0.2, 0.25) is 0 Å². The monoisotopic (exact) mass is 305 g/mol. The van der Waals surface area contributed by atoms with Crippen LogP contribution in [-0.2, 0) is 25.5 Å². The number of rotatable bonds is 9. The van der Waals surface area contributed by atoms with Gasteiger partial charge in [0.25, 0.3) is 0 Å². The van der Waals surface area contributed by atoms with Crippen LogP contribution in [0.3, 0.4) is 0 Å². The number of ether oxygens (including phenoxy) is 2. The topological polar surface area (TPSA) is 114 Å². The largest absolute Gasteiger partial charge is 0.382 e. The summed E-state index contributed by atoms with van der Waals surface area (Å²) in [6.45, 7) is 0.513. The van der Waals surface area contributed by atoms with Crippen LogP contribution in [0.15, 0.2) is 24.3 Å². The van der Waals surface area contributed by atoms with E-state index in [4.69, 9.17) is 20.5 Å². The number of nitriles is 1. The molecule has 7 nitrogen and oxygen atoms in total. The Kier molecular flexibility index (Phi) is 7.61. The van der Waals surface area contributed by atoms with Crippen LogP contribution < -0.4 is 11.1 Å². The average Bonchev–Trinajstić information content (AvgIpc) is 2.51. The first kappa shape index (κ1) is 17.6. The Morgan fingerprint density at radius 3 is 2.55 bits per heavy atom. The van der Waals surface area contributed by atoms with Gasteiger partial charge in [0.2, 0.25) is 11.8 Å². The van der Waals surface area contributed by atoms with Gasteiger partial charge in [0.1, 0.15) is 12.6 Å². The number of hydrogen-bond acceptors (Lipinski definition) is 5. The van der Waals surface area contributed by atoms with Crippen molar-refractivity contribution in [2.45, 2.75) is 12.5 Å². The molecule has 0 aromatic heterocycles. The number of nitrogens with two attached hydrogens (primary N) is 1. The van der Waals surface area contributed by atoms with Crippen LogP contribution in [0.5, 0.6) is 0 Å². The molecule has 0 aliphatic carbocycles. The number of nitrogens with one attached hydrogen (secondary N) is 1. The fourth-order valence-corrected chi connectivity index (χ4v) is 1.72. The number of carbonyl (C=O) groups excluding carboxylic acids is 2. The summed E-state index contributed by atoms with van der Waals surface area (Å²) >= 11 is 0. The van der Waals surface area contributed by atoms with Crippen molar-refractivity contribution in [1.29, 1.82) is 5.26 Å². The van der Waals surface area contributed by atoms with Gasteiger partial charge in [0, 0.05) is 13.5 Å². The molecule has 0 aliphatic rings. The molecule has 0 saturated heterocycles. The van der Waals surface area contributed by atoms with E-state index < -0.39 is 17.9 Å². The Morgan fingerprint density at radius 1 is 1.32 bits per heavy atom. The first-order chi connectivity index (χ1) is 10.6. The molecule has 0 bridgehead atoms. The molecule has 0 spiro atoms. The van der Waals surface area contributed by atoms with Gasteiger partial charge in [-0.2, -0.15) is 5.26 Å². The zero-order chi connectivity index (χ0) is 16.4. The minimum Gasteiger partial charge on any atom is -0.382 e. The highest BCUT2D eigenvalue weighted by molar-refractivity contribution is 5.87. The number of amides is 2. The first-order valence-electron chi connectivity index (χ1n) is 6.71. The Balaban J connectivity index is 2.52. The molecule has 0 saturated carbocycles. The van der Waals surface area contributed by atoms with Crippen LogP contribution in [-0.4, -0.2) is 44.8 Å². The number of nitrogens with zero attached hydrogens (tertiary/aromatic N) is 1. The zero-order valence-corrected chi connectivity index (χ0v) is 12.4. The van der Waals surface area contributed by atoms with Gasteiger partial charge in [0.05, 0.1) is 24.8 Å². The van der Waals surface area contributed by atoms with Crippen molar-refractivity contribution >= 4 is 11.8 Å². The van der Waals surface area contributed by atoms with Gasteiger partial charge in [-0.3, -0.25) is 9.59 Å². The highest BCUT2D eigenvalue weighted by Crippen LogP contribution is 2.06. The molecule has 0 unspecified atom stereocenters. The summed E-state index contributed by atoms with van der Waals surface area (Å²) in [6, 6.07) is 7.90. The summed E-state index contributed by atoms with van der Waals surface area (Å²) in [4.78, 5) is 23.1. The van der Waals surface area contributed by atoms with Crippen molar-refractivity contribution in [3.05, 3.63) is 35.4 Å². The molecule has 1 rings (SSSR count). The van der Waals surface area contributed by atoms with Crippen molar-refractivity contribution in [3.8, 4) is 6.07 Å². The van der Waals surface area contributed by atoms with Gasteiger partial charge in [-0.1, -0.05) is 12.1 Å². The molecular weight excluding hydrogens is 286 g/mol. The van der Waals surface area contributed by atoms with Crippen molar-refractivity contribution < 1.29 is 19.1 Å². The predicted molar refractivity (Wildman–Crippen MR) is 78.7 cm³/mol. The molecule has 1 aromatic rings. The smallest absolute Gasteiger partial charge is 0.246 e. The molecule has 0 fully saturated rings. The van der Waals surface area contributed by atoms with E-state index in [9.17, 15) is 9.59 Å². The van der Waals surface area contributed by atoms with Crippen LogP contribution in [0, 0.1) is 11.3 Å². The highest BCUT2D eigenvalue weighted by Gasteiger charge is 2.18. The summed E-state index contributed by atoms with van der Waals surface area (Å²) < 4.78 is 9.86. The van der Waals surface area contributed by atoms with Crippen LogP contribution in [0.1, 0.15) is 11.1 Å². The minimum atomic E-state index is -0.827. The van der Waals surface area contributed by atoms with Gasteiger partial charge in [-0.15, -0.1) is 0 Å². The number of hydrogen-bond donors (Lipinski definition) is 2. The average molecular weight is 305 g/mol. The quantitative estimate of drug-likeness (QED) is 0.610. The van der Waals surface area contributed by atoms with Crippen molar-refractivity contribution in [3.63, 3.8) is 0 Å². The maximum absolute atomic E-state index is 11.7. The van der Waals surface area contributed by atoms with E-state index in [-0.39, 0.29) is 13.0 Å². The highest BCUT2D eigenvalue weighted by atomic mass is 16.5. The molecule has 2 amide bonds. The zero-order valence-electron chi connectivity index (χ0n) is 12.4. The molecular formula is C15H19N3O4. The van der Waals surface area contributed by atoms with Gasteiger partial charge in [0.15, 0.2) is 0 Å². The lowest BCUT2D eigenvalue weighted by molar-refractivity contribution is -0.130. The normalized spacial score (nSPS) is 11.5. The summed E-state index contributed by atoms with van der Waals surface area (Å²) in [5.74, 6) is -1.05. The van der Waals surface area contributed by atoms with Gasteiger partial charge >= 0.3 is 0 Å². The van der Waals surface area contributed by atoms with E-state index in [1.54, 1.807) is 24.3 Å². The maximum atomic E-state index is 11.7.